The summed E-state index contributed by atoms with van der Waals surface area (Å²) in [6, 6.07) is 10.1. The molecule has 0 N–H and O–H groups in total. The molecule has 0 aliphatic carbocycles. The third-order valence-corrected chi connectivity index (χ3v) is 3.41. The minimum Gasteiger partial charge on any atom is -0.457 e. The normalized spacial score (nSPS) is 11.4. The monoisotopic (exact) mass is 306 g/mol. The maximum Gasteiger partial charge on any atom is 0.417 e. The van der Waals surface area contributed by atoms with Gasteiger partial charge in [-0.3, -0.25) is 0 Å². The molecule has 1 nitrogen and oxygen atoms in total. The Morgan fingerprint density at radius 2 is 1.59 bits per heavy atom. The van der Waals surface area contributed by atoms with Gasteiger partial charge in [0.25, 0.3) is 0 Å². The third kappa shape index (κ3) is 3.32. The summed E-state index contributed by atoms with van der Waals surface area (Å²) in [4.78, 5) is 0. The summed E-state index contributed by atoms with van der Waals surface area (Å²) in [5, 5.41) is 0. The lowest BCUT2D eigenvalue weighted by atomic mass is 9.96. The van der Waals surface area contributed by atoms with Crippen molar-refractivity contribution < 1.29 is 17.9 Å². The van der Waals surface area contributed by atoms with E-state index in [1.807, 2.05) is 19.1 Å². The molecule has 0 bridgehead atoms. The van der Waals surface area contributed by atoms with Crippen LogP contribution in [0.2, 0.25) is 0 Å². The Bertz CT molecular complexity index is 698. The fourth-order valence-electron chi connectivity index (χ4n) is 2.26. The quantitative estimate of drug-likeness (QED) is 0.661. The molecule has 0 atom stereocenters. The van der Waals surface area contributed by atoms with Gasteiger partial charge in [-0.2, -0.15) is 13.2 Å². The summed E-state index contributed by atoms with van der Waals surface area (Å²) in [5.74, 6) is 0.700. The molecule has 0 fully saturated rings. The molecule has 0 saturated carbocycles. The molecule has 0 aromatic heterocycles. The van der Waals surface area contributed by atoms with Crippen molar-refractivity contribution in [3.05, 3.63) is 65.2 Å². The van der Waals surface area contributed by atoms with E-state index in [1.165, 1.54) is 13.0 Å². The molecule has 0 aliphatic rings. The lowest BCUT2D eigenvalue weighted by Crippen LogP contribution is -2.11. The number of hydrogen-bond acceptors (Lipinski definition) is 1. The van der Waals surface area contributed by atoms with Gasteiger partial charge in [-0.1, -0.05) is 35.9 Å². The van der Waals surface area contributed by atoms with Gasteiger partial charge in [0.1, 0.15) is 11.5 Å². The molecule has 22 heavy (non-hydrogen) atoms. The predicted octanol–water partition coefficient (Wildman–Crippen LogP) is 6.15. The number of ether oxygens (including phenoxy) is 1. The number of hydrogen-bond donors (Lipinski definition) is 0. The van der Waals surface area contributed by atoms with Gasteiger partial charge in [0.2, 0.25) is 0 Å². The minimum absolute atomic E-state index is 0.0635. The van der Waals surface area contributed by atoms with Crippen LogP contribution in [-0.2, 0) is 6.18 Å². The van der Waals surface area contributed by atoms with Gasteiger partial charge in [0, 0.05) is 5.56 Å². The van der Waals surface area contributed by atoms with Crippen molar-refractivity contribution in [3.8, 4) is 11.5 Å². The van der Waals surface area contributed by atoms with E-state index in [9.17, 15) is 13.2 Å². The molecule has 0 heterocycles. The molecule has 0 radical (unpaired) electrons. The first-order valence-electron chi connectivity index (χ1n) is 6.81. The average Bonchev–Trinajstić information content (AvgIpc) is 2.41. The summed E-state index contributed by atoms with van der Waals surface area (Å²) in [6.07, 6.45) is -4.45. The van der Waals surface area contributed by atoms with Crippen molar-refractivity contribution in [2.45, 2.75) is 26.9 Å². The maximum atomic E-state index is 13.3. The summed E-state index contributed by atoms with van der Waals surface area (Å²) >= 11 is 0. The largest absolute Gasteiger partial charge is 0.457 e. The highest BCUT2D eigenvalue weighted by atomic mass is 19.4. The Hall–Kier alpha value is -2.23. The topological polar surface area (TPSA) is 9.23 Å². The van der Waals surface area contributed by atoms with Crippen LogP contribution >= 0.6 is 0 Å². The number of alkyl halides is 3. The summed E-state index contributed by atoms with van der Waals surface area (Å²) in [5.41, 5.74) is 0.898. The van der Waals surface area contributed by atoms with Crippen LogP contribution in [0, 0.1) is 13.8 Å². The Kier molecular flexibility index (Phi) is 4.31. The van der Waals surface area contributed by atoms with Gasteiger partial charge in [-0.15, -0.1) is 0 Å². The number of allylic oxidation sites excluding steroid dienone is 1. The van der Waals surface area contributed by atoms with Crippen molar-refractivity contribution in [3.63, 3.8) is 0 Å². The van der Waals surface area contributed by atoms with Gasteiger partial charge < -0.3 is 4.74 Å². The zero-order valence-electron chi connectivity index (χ0n) is 12.7. The van der Waals surface area contributed by atoms with Crippen LogP contribution in [-0.4, -0.2) is 0 Å². The molecule has 2 aromatic rings. The van der Waals surface area contributed by atoms with E-state index >= 15 is 0 Å². The van der Waals surface area contributed by atoms with Crippen molar-refractivity contribution in [1.29, 1.82) is 0 Å². The Morgan fingerprint density at radius 1 is 1.00 bits per heavy atom. The van der Waals surface area contributed by atoms with Gasteiger partial charge in [0.05, 0.1) is 5.56 Å². The molecule has 116 valence electrons. The van der Waals surface area contributed by atoms with E-state index in [2.05, 4.69) is 6.58 Å². The first-order chi connectivity index (χ1) is 10.2. The van der Waals surface area contributed by atoms with Gasteiger partial charge >= 0.3 is 6.18 Å². The molecule has 2 aromatic carbocycles. The molecule has 0 unspecified atom stereocenters. The highest BCUT2D eigenvalue weighted by Crippen LogP contribution is 2.41. The van der Waals surface area contributed by atoms with Gasteiger partial charge in [-0.05, 0) is 44.5 Å². The van der Waals surface area contributed by atoms with E-state index in [-0.39, 0.29) is 16.9 Å². The molecule has 0 aliphatic heterocycles. The molecule has 0 saturated heterocycles. The Balaban J connectivity index is 2.50. The van der Waals surface area contributed by atoms with Crippen LogP contribution in [0.5, 0.6) is 11.5 Å². The predicted molar refractivity (Wildman–Crippen MR) is 82.1 cm³/mol. The average molecular weight is 306 g/mol. The smallest absolute Gasteiger partial charge is 0.417 e. The van der Waals surface area contributed by atoms with Crippen LogP contribution < -0.4 is 4.74 Å². The SMILES string of the molecule is C=C(C)c1ccc(Oc2ccc(C)cc2)c(C)c1C(F)(F)F. The first-order valence-corrected chi connectivity index (χ1v) is 6.81. The molecule has 0 spiro atoms. The van der Waals surface area contributed by atoms with Crippen LogP contribution in [0.3, 0.4) is 0 Å². The minimum atomic E-state index is -4.45. The van der Waals surface area contributed by atoms with E-state index < -0.39 is 11.7 Å². The lowest BCUT2D eigenvalue weighted by molar-refractivity contribution is -0.138. The van der Waals surface area contributed by atoms with Crippen LogP contribution in [0.4, 0.5) is 13.2 Å². The second-order valence-electron chi connectivity index (χ2n) is 5.30. The van der Waals surface area contributed by atoms with Crippen LogP contribution in [0.1, 0.15) is 29.2 Å². The highest BCUT2D eigenvalue weighted by molar-refractivity contribution is 5.68. The Labute approximate surface area is 128 Å². The van der Waals surface area contributed by atoms with Crippen LogP contribution in [0.15, 0.2) is 43.0 Å². The number of benzene rings is 2. The molecular formula is C18H17F3O. The zero-order valence-corrected chi connectivity index (χ0v) is 12.7. The second-order valence-corrected chi connectivity index (χ2v) is 5.30. The molecule has 2 rings (SSSR count). The molecule has 4 heteroatoms. The van der Waals surface area contributed by atoms with Crippen LogP contribution in [0.25, 0.3) is 5.57 Å². The fourth-order valence-corrected chi connectivity index (χ4v) is 2.26. The molecule has 0 amide bonds. The maximum absolute atomic E-state index is 13.3. The van der Waals surface area contributed by atoms with Crippen molar-refractivity contribution in [2.24, 2.45) is 0 Å². The van der Waals surface area contributed by atoms with Gasteiger partial charge in [-0.25, -0.2) is 0 Å². The van der Waals surface area contributed by atoms with Crippen molar-refractivity contribution in [1.82, 2.24) is 0 Å². The van der Waals surface area contributed by atoms with Crippen molar-refractivity contribution >= 4 is 5.57 Å². The highest BCUT2D eigenvalue weighted by Gasteiger charge is 2.36. The van der Waals surface area contributed by atoms with E-state index in [1.54, 1.807) is 25.1 Å². The third-order valence-electron chi connectivity index (χ3n) is 3.41. The van der Waals surface area contributed by atoms with E-state index in [0.717, 1.165) is 5.56 Å². The zero-order chi connectivity index (χ0) is 16.5. The van der Waals surface area contributed by atoms with Crippen molar-refractivity contribution in [2.75, 3.05) is 0 Å². The second kappa shape index (κ2) is 5.87. The summed E-state index contributed by atoms with van der Waals surface area (Å²) in [7, 11) is 0. The fraction of sp³-hybridized carbons (Fsp3) is 0.222. The lowest BCUT2D eigenvalue weighted by Gasteiger charge is -2.19. The molecular weight excluding hydrogens is 289 g/mol. The Morgan fingerprint density at radius 3 is 2.09 bits per heavy atom. The van der Waals surface area contributed by atoms with E-state index in [0.29, 0.717) is 11.3 Å². The number of rotatable bonds is 3. The summed E-state index contributed by atoms with van der Waals surface area (Å²) in [6.45, 7) is 8.53. The first kappa shape index (κ1) is 16.1. The standard InChI is InChI=1S/C18H17F3O/c1-11(2)15-9-10-16(13(4)17(15)18(19,20)21)22-14-7-5-12(3)6-8-14/h5-10H,1H2,2-4H3. The van der Waals surface area contributed by atoms with Gasteiger partial charge in [0.15, 0.2) is 0 Å². The van der Waals surface area contributed by atoms with E-state index in [4.69, 9.17) is 4.74 Å². The number of aryl methyl sites for hydroxylation is 1. The number of halogens is 3. The summed E-state index contributed by atoms with van der Waals surface area (Å²) < 4.78 is 45.6.